The molecule has 0 atom stereocenters. The van der Waals surface area contributed by atoms with E-state index in [1.54, 1.807) is 12.3 Å². The van der Waals surface area contributed by atoms with Crippen LogP contribution in [0.25, 0.3) is 10.9 Å². The summed E-state index contributed by atoms with van der Waals surface area (Å²) in [4.78, 5) is 11.3. The number of aromatic amines is 1. The molecule has 2 heterocycles. The summed E-state index contributed by atoms with van der Waals surface area (Å²) in [7, 11) is 1.34. The minimum absolute atomic E-state index is 0.406. The first-order valence-corrected chi connectivity index (χ1v) is 6.09. The van der Waals surface area contributed by atoms with E-state index in [0.29, 0.717) is 17.9 Å². The number of ether oxygens (including phenoxy) is 1. The molecule has 0 unspecified atom stereocenters. The maximum Gasteiger partial charge on any atom is 0.341 e. The van der Waals surface area contributed by atoms with E-state index in [1.807, 2.05) is 18.2 Å². The molecule has 20 heavy (non-hydrogen) atoms. The molecule has 1 aromatic carbocycles. The van der Waals surface area contributed by atoms with Crippen molar-refractivity contribution in [3.8, 4) is 0 Å². The topological polar surface area (TPSA) is 80.1 Å². The van der Waals surface area contributed by atoms with E-state index in [1.165, 1.54) is 13.4 Å². The summed E-state index contributed by atoms with van der Waals surface area (Å²) in [5.74, 6) is 0.253. The van der Waals surface area contributed by atoms with E-state index in [2.05, 4.69) is 20.3 Å². The highest BCUT2D eigenvalue weighted by molar-refractivity contribution is 5.91. The number of rotatable bonds is 4. The minimum atomic E-state index is -0.406. The summed E-state index contributed by atoms with van der Waals surface area (Å²) in [5.41, 5.74) is 2.32. The second-order valence-corrected chi connectivity index (χ2v) is 4.28. The van der Waals surface area contributed by atoms with E-state index in [4.69, 9.17) is 4.42 Å². The average molecular weight is 271 g/mol. The van der Waals surface area contributed by atoms with Gasteiger partial charge in [-0.05, 0) is 18.2 Å². The van der Waals surface area contributed by atoms with Crippen LogP contribution in [0.2, 0.25) is 0 Å². The molecule has 0 fully saturated rings. The molecule has 0 saturated heterocycles. The van der Waals surface area contributed by atoms with Crippen LogP contribution >= 0.6 is 0 Å². The van der Waals surface area contributed by atoms with Gasteiger partial charge in [-0.25, -0.2) is 4.79 Å². The van der Waals surface area contributed by atoms with Crippen LogP contribution in [0.1, 0.15) is 16.1 Å². The van der Waals surface area contributed by atoms with Crippen LogP contribution in [0.5, 0.6) is 0 Å². The van der Waals surface area contributed by atoms with Gasteiger partial charge in [0.15, 0.2) is 0 Å². The Morgan fingerprint density at radius 2 is 2.40 bits per heavy atom. The number of nitrogens with zero attached hydrogens (tertiary/aromatic N) is 1. The van der Waals surface area contributed by atoms with Crippen molar-refractivity contribution in [3.63, 3.8) is 0 Å². The molecule has 0 spiro atoms. The van der Waals surface area contributed by atoms with Gasteiger partial charge in [0.1, 0.15) is 12.0 Å². The van der Waals surface area contributed by atoms with Gasteiger partial charge in [0, 0.05) is 11.1 Å². The zero-order valence-corrected chi connectivity index (χ0v) is 10.8. The number of fused-ring (bicyclic) bond motifs is 1. The zero-order chi connectivity index (χ0) is 13.9. The first-order chi connectivity index (χ1) is 9.78. The van der Waals surface area contributed by atoms with E-state index in [9.17, 15) is 4.79 Å². The van der Waals surface area contributed by atoms with Crippen LogP contribution in [0.15, 0.2) is 41.1 Å². The number of H-pyrrole nitrogens is 1. The summed E-state index contributed by atoms with van der Waals surface area (Å²) >= 11 is 0. The molecular weight excluding hydrogens is 258 g/mol. The van der Waals surface area contributed by atoms with Gasteiger partial charge in [0.2, 0.25) is 0 Å². The summed E-state index contributed by atoms with van der Waals surface area (Å²) in [6.45, 7) is 0.473. The average Bonchev–Trinajstić information content (AvgIpc) is 3.13. The summed E-state index contributed by atoms with van der Waals surface area (Å²) < 4.78 is 9.94. The van der Waals surface area contributed by atoms with E-state index in [-0.39, 0.29) is 0 Å². The van der Waals surface area contributed by atoms with Crippen molar-refractivity contribution in [1.82, 2.24) is 10.2 Å². The minimum Gasteiger partial charge on any atom is -0.467 e. The Bertz CT molecular complexity index is 745. The number of esters is 1. The number of aromatic nitrogens is 2. The van der Waals surface area contributed by atoms with Crippen LogP contribution < -0.4 is 5.32 Å². The van der Waals surface area contributed by atoms with E-state index >= 15 is 0 Å². The predicted octanol–water partition coefficient (Wildman–Crippen LogP) is 2.55. The Labute approximate surface area is 114 Å². The third-order valence-electron chi connectivity index (χ3n) is 3.01. The van der Waals surface area contributed by atoms with Crippen molar-refractivity contribution in [2.75, 3.05) is 12.4 Å². The Morgan fingerprint density at radius 3 is 3.25 bits per heavy atom. The smallest absolute Gasteiger partial charge is 0.341 e. The lowest BCUT2D eigenvalue weighted by atomic mass is 10.2. The molecular formula is C14H13N3O3. The maximum absolute atomic E-state index is 11.3. The molecule has 0 saturated carbocycles. The van der Waals surface area contributed by atoms with Gasteiger partial charge >= 0.3 is 5.97 Å². The zero-order valence-electron chi connectivity index (χ0n) is 10.8. The fraction of sp³-hybridized carbons (Fsp3) is 0.143. The monoisotopic (exact) mass is 271 g/mol. The van der Waals surface area contributed by atoms with Crippen LogP contribution in [-0.4, -0.2) is 23.3 Å². The molecule has 2 N–H and O–H groups in total. The van der Waals surface area contributed by atoms with Crippen molar-refractivity contribution in [2.45, 2.75) is 6.54 Å². The Kier molecular flexibility index (Phi) is 3.12. The second kappa shape index (κ2) is 5.08. The third-order valence-corrected chi connectivity index (χ3v) is 3.01. The Morgan fingerprint density at radius 1 is 1.50 bits per heavy atom. The second-order valence-electron chi connectivity index (χ2n) is 4.28. The van der Waals surface area contributed by atoms with Gasteiger partial charge in [-0.2, -0.15) is 5.10 Å². The molecule has 0 aliphatic carbocycles. The molecule has 0 radical (unpaired) electrons. The fourth-order valence-corrected chi connectivity index (χ4v) is 2.00. The summed E-state index contributed by atoms with van der Waals surface area (Å²) in [6, 6.07) is 7.51. The van der Waals surface area contributed by atoms with Gasteiger partial charge < -0.3 is 14.5 Å². The lowest BCUT2D eigenvalue weighted by Gasteiger charge is -2.05. The fourth-order valence-electron chi connectivity index (χ4n) is 2.00. The highest BCUT2D eigenvalue weighted by atomic mass is 16.5. The van der Waals surface area contributed by atoms with Crippen molar-refractivity contribution in [2.24, 2.45) is 0 Å². The Balaban J connectivity index is 1.75. The van der Waals surface area contributed by atoms with Gasteiger partial charge in [-0.15, -0.1) is 0 Å². The molecule has 102 valence electrons. The molecule has 2 aromatic heterocycles. The number of anilines is 1. The Hall–Kier alpha value is -2.76. The molecule has 0 amide bonds. The normalized spacial score (nSPS) is 10.7. The number of hydrogen-bond acceptors (Lipinski definition) is 5. The van der Waals surface area contributed by atoms with Gasteiger partial charge in [-0.1, -0.05) is 6.07 Å². The van der Waals surface area contributed by atoms with Gasteiger partial charge in [-0.3, -0.25) is 5.10 Å². The molecule has 0 aliphatic heterocycles. The number of methoxy groups -OCH3 is 1. The number of furan rings is 1. The predicted molar refractivity (Wildman–Crippen MR) is 73.5 cm³/mol. The van der Waals surface area contributed by atoms with Crippen LogP contribution in [-0.2, 0) is 11.3 Å². The lowest BCUT2D eigenvalue weighted by Crippen LogP contribution is -2.00. The molecule has 0 aliphatic rings. The van der Waals surface area contributed by atoms with Crippen molar-refractivity contribution in [3.05, 3.63) is 48.0 Å². The number of hydrogen-bond donors (Lipinski definition) is 2. The van der Waals surface area contributed by atoms with E-state index < -0.39 is 5.97 Å². The first-order valence-electron chi connectivity index (χ1n) is 6.09. The van der Waals surface area contributed by atoms with Gasteiger partial charge in [0.05, 0.1) is 30.9 Å². The molecule has 6 heteroatoms. The highest BCUT2D eigenvalue weighted by Crippen LogP contribution is 2.22. The SMILES string of the molecule is COC(=O)c1coc(CNc2cccc3[nH]ncc23)c1. The third kappa shape index (κ3) is 2.23. The molecule has 6 nitrogen and oxygen atoms in total. The molecule has 3 aromatic rings. The standard InChI is InChI=1S/C14H13N3O3/c1-19-14(18)9-5-10(20-8-9)6-15-12-3-2-4-13-11(12)7-16-17-13/h2-5,7-8,15H,6H2,1H3,(H,16,17). The summed E-state index contributed by atoms with van der Waals surface area (Å²) in [6.07, 6.45) is 3.15. The largest absolute Gasteiger partial charge is 0.467 e. The molecule has 0 bridgehead atoms. The van der Waals surface area contributed by atoms with Crippen molar-refractivity contribution < 1.29 is 13.9 Å². The highest BCUT2D eigenvalue weighted by Gasteiger charge is 2.10. The number of nitrogens with one attached hydrogen (secondary N) is 2. The van der Waals surface area contributed by atoms with Crippen LogP contribution in [0, 0.1) is 0 Å². The van der Waals surface area contributed by atoms with Gasteiger partial charge in [0.25, 0.3) is 0 Å². The van der Waals surface area contributed by atoms with Crippen LogP contribution in [0.3, 0.4) is 0 Å². The first kappa shape index (κ1) is 12.3. The van der Waals surface area contributed by atoms with Crippen molar-refractivity contribution in [1.29, 1.82) is 0 Å². The maximum atomic E-state index is 11.3. The number of benzene rings is 1. The summed E-state index contributed by atoms with van der Waals surface area (Å²) in [5, 5.41) is 11.2. The van der Waals surface area contributed by atoms with E-state index in [0.717, 1.165) is 16.6 Å². The quantitative estimate of drug-likeness (QED) is 0.713. The van der Waals surface area contributed by atoms with Crippen molar-refractivity contribution >= 4 is 22.6 Å². The van der Waals surface area contributed by atoms with Crippen LogP contribution in [0.4, 0.5) is 5.69 Å². The molecule has 3 rings (SSSR count). The number of carbonyl (C=O) groups is 1. The number of carbonyl (C=O) groups excluding carboxylic acids is 1. The lowest BCUT2D eigenvalue weighted by molar-refractivity contribution is 0.0600.